The van der Waals surface area contributed by atoms with Crippen molar-refractivity contribution in [3.05, 3.63) is 57.7 Å². The molecule has 0 fully saturated rings. The maximum Gasteiger partial charge on any atom is 0.249 e. The minimum Gasteiger partial charge on any atom is -0.496 e. The largest absolute Gasteiger partial charge is 0.496 e. The molecule has 3 N–H and O–H groups in total. The van der Waals surface area contributed by atoms with E-state index in [-0.39, 0.29) is 24.2 Å². The standard InChI is InChI=1S/C20H18N6O3S2/c1-29-15-7-3-2-6-14(15)18-24-19(26-25-18)22-16(27)9-12-11-31-20(21-12)23-17(28)10-13-5-4-8-30-13/h2-8,11H,9-10H2,1H3,(H,21,23,28)(H2,22,24,25,26,27). The minimum absolute atomic E-state index is 0.0375. The molecular formula is C20H18N6O3S2. The maximum absolute atomic E-state index is 12.3. The van der Waals surface area contributed by atoms with Gasteiger partial charge in [-0.25, -0.2) is 4.98 Å². The van der Waals surface area contributed by atoms with Crippen LogP contribution in [-0.2, 0) is 22.4 Å². The number of hydrogen-bond acceptors (Lipinski definition) is 8. The van der Waals surface area contributed by atoms with Gasteiger partial charge in [0.2, 0.25) is 17.8 Å². The number of carbonyl (C=O) groups is 2. The second kappa shape index (κ2) is 9.49. The first-order valence-corrected chi connectivity index (χ1v) is 11.0. The number of amides is 2. The molecule has 1 aromatic carbocycles. The summed E-state index contributed by atoms with van der Waals surface area (Å²) in [5.41, 5.74) is 1.29. The van der Waals surface area contributed by atoms with Gasteiger partial charge in [-0.15, -0.1) is 27.8 Å². The normalized spacial score (nSPS) is 10.6. The van der Waals surface area contributed by atoms with Gasteiger partial charge in [0.25, 0.3) is 0 Å². The van der Waals surface area contributed by atoms with E-state index in [9.17, 15) is 9.59 Å². The summed E-state index contributed by atoms with van der Waals surface area (Å²) in [4.78, 5) is 34.0. The summed E-state index contributed by atoms with van der Waals surface area (Å²) >= 11 is 2.80. The van der Waals surface area contributed by atoms with E-state index >= 15 is 0 Å². The molecule has 0 atom stereocenters. The molecule has 4 aromatic rings. The number of thiophene rings is 1. The fourth-order valence-electron chi connectivity index (χ4n) is 2.79. The Balaban J connectivity index is 1.32. The van der Waals surface area contributed by atoms with Crippen molar-refractivity contribution in [1.82, 2.24) is 20.2 Å². The van der Waals surface area contributed by atoms with E-state index < -0.39 is 0 Å². The maximum atomic E-state index is 12.3. The van der Waals surface area contributed by atoms with Crippen LogP contribution in [0, 0.1) is 0 Å². The number of methoxy groups -OCH3 is 1. The number of ether oxygens (including phenoxy) is 1. The molecule has 0 unspecified atom stereocenters. The fraction of sp³-hybridized carbons (Fsp3) is 0.150. The molecule has 0 saturated heterocycles. The summed E-state index contributed by atoms with van der Waals surface area (Å²) in [5.74, 6) is 0.833. The fourth-order valence-corrected chi connectivity index (χ4v) is 4.22. The number of H-pyrrole nitrogens is 1. The summed E-state index contributed by atoms with van der Waals surface area (Å²) in [5, 5.41) is 16.3. The lowest BCUT2D eigenvalue weighted by molar-refractivity contribution is -0.116. The van der Waals surface area contributed by atoms with E-state index in [0.29, 0.717) is 28.8 Å². The minimum atomic E-state index is -0.313. The van der Waals surface area contributed by atoms with Crippen LogP contribution >= 0.6 is 22.7 Å². The quantitative estimate of drug-likeness (QED) is 0.375. The molecule has 0 aliphatic rings. The number of hydrogen-bond donors (Lipinski definition) is 3. The number of nitrogens with zero attached hydrogens (tertiary/aromatic N) is 3. The molecule has 0 saturated carbocycles. The Morgan fingerprint density at radius 2 is 1.87 bits per heavy atom. The Morgan fingerprint density at radius 3 is 2.68 bits per heavy atom. The molecule has 158 valence electrons. The van der Waals surface area contributed by atoms with Gasteiger partial charge in [-0.05, 0) is 23.6 Å². The lowest BCUT2D eigenvalue weighted by atomic mass is 10.2. The average molecular weight is 455 g/mol. The number of aromatic nitrogens is 4. The highest BCUT2D eigenvalue weighted by molar-refractivity contribution is 7.14. The van der Waals surface area contributed by atoms with Crippen LogP contribution in [-0.4, -0.2) is 39.1 Å². The zero-order valence-corrected chi connectivity index (χ0v) is 18.0. The van der Waals surface area contributed by atoms with Gasteiger partial charge in [-0.3, -0.25) is 20.0 Å². The summed E-state index contributed by atoms with van der Waals surface area (Å²) < 4.78 is 5.32. The molecule has 2 amide bonds. The molecule has 11 heteroatoms. The number of anilines is 2. The van der Waals surface area contributed by atoms with Crippen LogP contribution < -0.4 is 15.4 Å². The number of aromatic amines is 1. The second-order valence-corrected chi connectivity index (χ2v) is 8.27. The van der Waals surface area contributed by atoms with Crippen molar-refractivity contribution in [3.63, 3.8) is 0 Å². The molecule has 0 spiro atoms. The third-order valence-corrected chi connectivity index (χ3v) is 5.84. The van der Waals surface area contributed by atoms with Crippen molar-refractivity contribution in [2.24, 2.45) is 0 Å². The predicted molar refractivity (Wildman–Crippen MR) is 119 cm³/mol. The zero-order chi connectivity index (χ0) is 21.6. The first-order valence-electron chi connectivity index (χ1n) is 9.23. The molecule has 31 heavy (non-hydrogen) atoms. The molecule has 4 rings (SSSR count). The smallest absolute Gasteiger partial charge is 0.249 e. The Bertz CT molecular complexity index is 1190. The third-order valence-electron chi connectivity index (χ3n) is 4.15. The van der Waals surface area contributed by atoms with Crippen LogP contribution in [0.2, 0.25) is 0 Å². The van der Waals surface area contributed by atoms with Crippen molar-refractivity contribution in [2.75, 3.05) is 17.7 Å². The highest BCUT2D eigenvalue weighted by atomic mass is 32.1. The van der Waals surface area contributed by atoms with Gasteiger partial charge < -0.3 is 10.1 Å². The van der Waals surface area contributed by atoms with Crippen molar-refractivity contribution in [3.8, 4) is 17.1 Å². The third kappa shape index (κ3) is 5.32. The summed E-state index contributed by atoms with van der Waals surface area (Å²) in [6.07, 6.45) is 0.336. The van der Waals surface area contributed by atoms with Crippen LogP contribution in [0.3, 0.4) is 0 Å². The first kappa shape index (κ1) is 20.7. The monoisotopic (exact) mass is 454 g/mol. The summed E-state index contributed by atoms with van der Waals surface area (Å²) in [6, 6.07) is 11.2. The first-order chi connectivity index (χ1) is 15.1. The van der Waals surface area contributed by atoms with Gasteiger partial charge in [-0.1, -0.05) is 18.2 Å². The molecule has 0 radical (unpaired) electrons. The molecule has 0 bridgehead atoms. The number of nitrogens with one attached hydrogen (secondary N) is 3. The van der Waals surface area contributed by atoms with Gasteiger partial charge >= 0.3 is 0 Å². The van der Waals surface area contributed by atoms with E-state index in [1.165, 1.54) is 22.7 Å². The van der Waals surface area contributed by atoms with Crippen LogP contribution in [0.5, 0.6) is 5.75 Å². The molecular weight excluding hydrogens is 436 g/mol. The highest BCUT2D eigenvalue weighted by Crippen LogP contribution is 2.27. The average Bonchev–Trinajstić information content (AvgIpc) is 3.51. The number of thiazole rings is 1. The van der Waals surface area contributed by atoms with E-state index in [1.54, 1.807) is 12.5 Å². The van der Waals surface area contributed by atoms with Crippen LogP contribution in [0.15, 0.2) is 47.2 Å². The Labute approximate surface area is 185 Å². The second-order valence-electron chi connectivity index (χ2n) is 6.38. The molecule has 0 aliphatic carbocycles. The zero-order valence-electron chi connectivity index (χ0n) is 16.4. The van der Waals surface area contributed by atoms with Crippen LogP contribution in [0.4, 0.5) is 11.1 Å². The van der Waals surface area contributed by atoms with Crippen molar-refractivity contribution >= 4 is 45.6 Å². The number of carbonyl (C=O) groups excluding carboxylic acids is 2. The lowest BCUT2D eigenvalue weighted by Crippen LogP contribution is -2.16. The summed E-state index contributed by atoms with van der Waals surface area (Å²) in [7, 11) is 1.57. The Kier molecular flexibility index (Phi) is 6.34. The number of para-hydroxylation sites is 1. The van der Waals surface area contributed by atoms with Crippen molar-refractivity contribution in [2.45, 2.75) is 12.8 Å². The lowest BCUT2D eigenvalue weighted by Gasteiger charge is -2.04. The topological polar surface area (TPSA) is 122 Å². The van der Waals surface area contributed by atoms with Gasteiger partial charge in [-0.2, -0.15) is 4.98 Å². The van der Waals surface area contributed by atoms with Gasteiger partial charge in [0.1, 0.15) is 5.75 Å². The molecule has 9 nitrogen and oxygen atoms in total. The van der Waals surface area contributed by atoms with E-state index in [1.807, 2.05) is 41.8 Å². The molecule has 0 aliphatic heterocycles. The molecule has 3 heterocycles. The SMILES string of the molecule is COc1ccccc1-c1nc(NC(=O)Cc2csc(NC(=O)Cc3cccs3)n2)n[nH]1. The van der Waals surface area contributed by atoms with Gasteiger partial charge in [0, 0.05) is 10.3 Å². The predicted octanol–water partition coefficient (Wildman–Crippen LogP) is 3.36. The Hall–Kier alpha value is -3.57. The van der Waals surface area contributed by atoms with Crippen LogP contribution in [0.25, 0.3) is 11.4 Å². The van der Waals surface area contributed by atoms with Crippen LogP contribution in [0.1, 0.15) is 10.6 Å². The van der Waals surface area contributed by atoms with Crippen molar-refractivity contribution < 1.29 is 14.3 Å². The van der Waals surface area contributed by atoms with Gasteiger partial charge in [0.05, 0.1) is 31.2 Å². The Morgan fingerprint density at radius 1 is 1.03 bits per heavy atom. The van der Waals surface area contributed by atoms with E-state index in [4.69, 9.17) is 4.74 Å². The molecule has 3 aromatic heterocycles. The van der Waals surface area contributed by atoms with E-state index in [0.717, 1.165) is 10.4 Å². The highest BCUT2D eigenvalue weighted by Gasteiger charge is 2.14. The number of rotatable bonds is 8. The number of benzene rings is 1. The van der Waals surface area contributed by atoms with Crippen molar-refractivity contribution in [1.29, 1.82) is 0 Å². The van der Waals surface area contributed by atoms with E-state index in [2.05, 4.69) is 30.8 Å². The summed E-state index contributed by atoms with van der Waals surface area (Å²) in [6.45, 7) is 0. The van der Waals surface area contributed by atoms with Gasteiger partial charge in [0.15, 0.2) is 11.0 Å².